The van der Waals surface area contributed by atoms with Gasteiger partial charge in [0.1, 0.15) is 0 Å². The third kappa shape index (κ3) is 9.59. The predicted octanol–water partition coefficient (Wildman–Crippen LogP) is 3.13. The Kier molecular flexibility index (Phi) is 13.4. The fourth-order valence-electron chi connectivity index (χ4n) is 0.750. The van der Waals surface area contributed by atoms with Crippen molar-refractivity contribution in [2.24, 2.45) is 0 Å². The molecule has 0 aliphatic rings. The minimum atomic E-state index is -0.796. The summed E-state index contributed by atoms with van der Waals surface area (Å²) in [4.78, 5) is 0. The van der Waals surface area contributed by atoms with Gasteiger partial charge in [-0.05, 0) is 0 Å². The Bertz CT molecular complexity index is 66.2. The van der Waals surface area contributed by atoms with Crippen LogP contribution in [0.15, 0.2) is 0 Å². The Hall–Kier alpha value is 1.67. The first-order chi connectivity index (χ1) is 5.10. The van der Waals surface area contributed by atoms with Crippen molar-refractivity contribution >= 4 is 22.1 Å². The van der Waals surface area contributed by atoms with E-state index >= 15 is 0 Å². The predicted molar refractivity (Wildman–Crippen MR) is 53.4 cm³/mol. The van der Waals surface area contributed by atoms with Crippen molar-refractivity contribution < 1.29 is 26.1 Å². The average Bonchev–Trinajstić information content (AvgIpc) is 2.05. The maximum absolute atomic E-state index is 3.38. The standard InChI is InChI=1S/C6H15SeSi.C2H5.Hg/c1-4-8(7,5-2)6-3;1-2;/h4-6H2,1-3H3;1H2,2H3;. The second-order valence-electron chi connectivity index (χ2n) is 2.74. The zero-order valence-electron chi connectivity index (χ0n) is 8.44. The molecule has 0 saturated heterocycles. The second kappa shape index (κ2) is 9.76. The summed E-state index contributed by atoms with van der Waals surface area (Å²) >= 11 is 4.44. The topological polar surface area (TPSA) is 0 Å². The van der Waals surface area contributed by atoms with Gasteiger partial charge in [-0.3, -0.25) is 0 Å². The average molecular weight is 424 g/mol. The van der Waals surface area contributed by atoms with Crippen LogP contribution >= 0.6 is 0 Å². The van der Waals surface area contributed by atoms with Crippen molar-refractivity contribution in [2.75, 3.05) is 0 Å². The molecule has 0 aromatic heterocycles. The van der Waals surface area contributed by atoms with Crippen LogP contribution in [0.25, 0.3) is 0 Å². The van der Waals surface area contributed by atoms with E-state index in [1.165, 1.54) is 22.1 Å². The summed E-state index contributed by atoms with van der Waals surface area (Å²) in [5, 5.41) is 0. The van der Waals surface area contributed by atoms with Gasteiger partial charge in [0.2, 0.25) is 0 Å². The molecule has 0 aliphatic heterocycles. The molecule has 0 rings (SSSR count). The van der Waals surface area contributed by atoms with Crippen LogP contribution in [0, 0.1) is 0 Å². The van der Waals surface area contributed by atoms with E-state index in [9.17, 15) is 0 Å². The molecular formula is C8H20HgSeSi. The summed E-state index contributed by atoms with van der Waals surface area (Å²) < 4.78 is 1.44. The Morgan fingerprint density at radius 3 is 1.18 bits per heavy atom. The normalized spacial score (nSPS) is 10.5. The third-order valence-corrected chi connectivity index (χ3v) is 11.2. The zero-order valence-corrected chi connectivity index (χ0v) is 16.7. The van der Waals surface area contributed by atoms with Gasteiger partial charge < -0.3 is 0 Å². The van der Waals surface area contributed by atoms with Crippen LogP contribution in [0.3, 0.4) is 0 Å². The fraction of sp³-hybridized carbons (Fsp3) is 1.00. The van der Waals surface area contributed by atoms with Gasteiger partial charge >= 0.3 is 97.9 Å². The number of hydrogen-bond donors (Lipinski definition) is 0. The molecule has 1 radical (unpaired) electrons. The van der Waals surface area contributed by atoms with Crippen molar-refractivity contribution in [1.29, 1.82) is 0 Å². The molecule has 0 bridgehead atoms. The van der Waals surface area contributed by atoms with Crippen LogP contribution < -0.4 is 0 Å². The molecule has 0 fully saturated rings. The van der Waals surface area contributed by atoms with Gasteiger partial charge in [-0.15, -0.1) is 0 Å². The quantitative estimate of drug-likeness (QED) is 0.612. The van der Waals surface area contributed by atoms with E-state index in [0.717, 1.165) is 26.1 Å². The summed E-state index contributed by atoms with van der Waals surface area (Å²) in [7, 11) is 0. The first kappa shape index (κ1) is 15.2. The molecule has 0 atom stereocenters. The van der Waals surface area contributed by atoms with Crippen molar-refractivity contribution in [3.63, 3.8) is 0 Å². The van der Waals surface area contributed by atoms with Gasteiger partial charge in [-0.2, -0.15) is 0 Å². The van der Waals surface area contributed by atoms with Crippen LogP contribution in [-0.4, -0.2) is 22.1 Å². The molecule has 0 unspecified atom stereocenters. The van der Waals surface area contributed by atoms with Crippen LogP contribution in [0.5, 0.6) is 0 Å². The van der Waals surface area contributed by atoms with Crippen molar-refractivity contribution in [2.45, 2.75) is 49.8 Å². The van der Waals surface area contributed by atoms with E-state index in [2.05, 4.69) is 43.1 Å². The zero-order chi connectivity index (χ0) is 9.33. The summed E-state index contributed by atoms with van der Waals surface area (Å²) in [6, 6.07) is 4.21. The maximum atomic E-state index is 3.38. The molecule has 0 nitrogen and oxygen atoms in total. The van der Waals surface area contributed by atoms with Gasteiger partial charge in [-0.1, -0.05) is 0 Å². The minimum absolute atomic E-state index is 0.796. The van der Waals surface area contributed by atoms with Crippen LogP contribution in [0.4, 0.5) is 0 Å². The summed E-state index contributed by atoms with van der Waals surface area (Å²) in [6.07, 6.45) is 0. The van der Waals surface area contributed by atoms with E-state index in [1.54, 1.807) is 0 Å². The molecule has 11 heavy (non-hydrogen) atoms. The SMILES string of the molecule is CC[Si]([Se])(CC)CC.C[CH2][Hg]. The molecule has 3 heteroatoms. The molecule has 0 N–H and O–H groups in total. The van der Waals surface area contributed by atoms with Gasteiger partial charge in [0.15, 0.2) is 0 Å². The van der Waals surface area contributed by atoms with E-state index in [4.69, 9.17) is 0 Å². The Morgan fingerprint density at radius 1 is 1.00 bits per heavy atom. The van der Waals surface area contributed by atoms with Gasteiger partial charge in [0, 0.05) is 0 Å². The van der Waals surface area contributed by atoms with Crippen LogP contribution in [-0.2, 0) is 26.1 Å². The summed E-state index contributed by atoms with van der Waals surface area (Å²) in [5.74, 6) is 0. The molecule has 0 amide bonds. The Labute approximate surface area is 97.2 Å². The second-order valence-corrected chi connectivity index (χ2v) is 16.6. The van der Waals surface area contributed by atoms with Crippen molar-refractivity contribution in [1.82, 2.24) is 0 Å². The molecule has 0 heterocycles. The van der Waals surface area contributed by atoms with Crippen LogP contribution in [0.1, 0.15) is 27.7 Å². The Morgan fingerprint density at radius 2 is 1.18 bits per heavy atom. The van der Waals surface area contributed by atoms with E-state index in [-0.39, 0.29) is 0 Å². The summed E-state index contributed by atoms with van der Waals surface area (Å²) in [5.41, 5.74) is 0. The molecular weight excluding hydrogens is 404 g/mol. The molecule has 64 valence electrons. The molecule has 0 saturated carbocycles. The van der Waals surface area contributed by atoms with Gasteiger partial charge in [-0.25, -0.2) is 0 Å². The Balaban J connectivity index is 0. The first-order valence-corrected chi connectivity index (χ1v) is 13.6. The van der Waals surface area contributed by atoms with Gasteiger partial charge in [0.05, 0.1) is 0 Å². The molecule has 0 aromatic rings. The van der Waals surface area contributed by atoms with Crippen molar-refractivity contribution in [3.8, 4) is 0 Å². The number of hydrogen-bond acceptors (Lipinski definition) is 0. The van der Waals surface area contributed by atoms with Crippen LogP contribution in [0.2, 0.25) is 22.1 Å². The summed E-state index contributed by atoms with van der Waals surface area (Å²) in [6.45, 7) is 8.32. The molecule has 0 spiro atoms. The third-order valence-electron chi connectivity index (χ3n) is 1.93. The molecule has 0 aliphatic carbocycles. The van der Waals surface area contributed by atoms with E-state index in [0.29, 0.717) is 0 Å². The number of rotatable bonds is 3. The first-order valence-electron chi connectivity index (χ1n) is 4.59. The molecule has 0 aromatic carbocycles. The van der Waals surface area contributed by atoms with Crippen molar-refractivity contribution in [3.05, 3.63) is 0 Å². The fourth-order valence-corrected chi connectivity index (χ4v) is 2.25. The van der Waals surface area contributed by atoms with E-state index < -0.39 is 6.68 Å². The monoisotopic (exact) mass is 426 g/mol. The van der Waals surface area contributed by atoms with Gasteiger partial charge in [0.25, 0.3) is 0 Å². The van der Waals surface area contributed by atoms with E-state index in [1.807, 2.05) is 0 Å².